The number of pyridine rings is 1. The van der Waals surface area contributed by atoms with Crippen LogP contribution in [0.25, 0.3) is 32.2 Å². The van der Waals surface area contributed by atoms with Gasteiger partial charge in [-0.05, 0) is 57.4 Å². The van der Waals surface area contributed by atoms with E-state index in [1.807, 2.05) is 11.8 Å². The molecule has 3 aliphatic rings. The number of alkyl halides is 1. The topological polar surface area (TPSA) is 125 Å². The van der Waals surface area contributed by atoms with Gasteiger partial charge in [-0.1, -0.05) is 25.1 Å². The average Bonchev–Trinajstić information content (AvgIpc) is 3.85. The van der Waals surface area contributed by atoms with E-state index >= 15 is 0 Å². The van der Waals surface area contributed by atoms with Crippen molar-refractivity contribution in [2.45, 2.75) is 69.7 Å². The first-order valence-electron chi connectivity index (χ1n) is 16.6. The van der Waals surface area contributed by atoms with Gasteiger partial charge in [0.05, 0.1) is 44.0 Å². The number of fused-ring (bicyclic) bond motifs is 3. The van der Waals surface area contributed by atoms with Crippen LogP contribution in [0.5, 0.6) is 6.01 Å². The number of benzene rings is 1. The third kappa shape index (κ3) is 5.45. The van der Waals surface area contributed by atoms with Crippen LogP contribution >= 0.6 is 22.9 Å². The number of nitriles is 1. The van der Waals surface area contributed by atoms with E-state index in [1.165, 1.54) is 12.1 Å². The molecular formula is C35H37ClF2N8O2S. The lowest BCUT2D eigenvalue weighted by Gasteiger charge is -2.35. The van der Waals surface area contributed by atoms with E-state index < -0.39 is 17.5 Å². The van der Waals surface area contributed by atoms with Gasteiger partial charge in [-0.15, -0.1) is 11.3 Å². The highest BCUT2D eigenvalue weighted by Crippen LogP contribution is 2.45. The Hall–Kier alpha value is -4.12. The smallest absolute Gasteiger partial charge is 0.319 e. The molecule has 0 aliphatic carbocycles. The summed E-state index contributed by atoms with van der Waals surface area (Å²) in [6.07, 6.45) is 5.69. The van der Waals surface area contributed by atoms with Crippen LogP contribution in [0.3, 0.4) is 0 Å². The lowest BCUT2D eigenvalue weighted by molar-refractivity contribution is -0.126. The summed E-state index contributed by atoms with van der Waals surface area (Å²) in [5.41, 5.74) is 6.97. The zero-order valence-corrected chi connectivity index (χ0v) is 29.0. The van der Waals surface area contributed by atoms with Gasteiger partial charge in [0.25, 0.3) is 0 Å². The average molecular weight is 707 g/mol. The number of aromatic nitrogens is 3. The maximum Gasteiger partial charge on any atom is 0.319 e. The van der Waals surface area contributed by atoms with Crippen molar-refractivity contribution < 1.29 is 18.3 Å². The lowest BCUT2D eigenvalue weighted by atomic mass is 9.95. The Morgan fingerprint density at radius 3 is 2.90 bits per heavy atom. The molecule has 3 aliphatic heterocycles. The van der Waals surface area contributed by atoms with Crippen LogP contribution < -0.4 is 15.4 Å². The third-order valence-electron chi connectivity index (χ3n) is 10.5. The second-order valence-corrected chi connectivity index (χ2v) is 14.4. The highest BCUT2D eigenvalue weighted by atomic mass is 35.5. The number of nitrogens with zero attached hydrogens (tertiary/aromatic N) is 7. The van der Waals surface area contributed by atoms with E-state index in [4.69, 9.17) is 37.0 Å². The summed E-state index contributed by atoms with van der Waals surface area (Å²) in [5, 5.41) is 11.2. The molecule has 0 spiro atoms. The first kappa shape index (κ1) is 33.4. The van der Waals surface area contributed by atoms with Crippen LogP contribution in [-0.4, -0.2) is 87.2 Å². The molecule has 14 heteroatoms. The number of nitrogen functional groups attached to an aromatic ring is 1. The number of carbonyl (C=O) groups excluding carboxylic acids is 1. The molecule has 4 atom stereocenters. The number of rotatable bonds is 9. The third-order valence-corrected chi connectivity index (χ3v) is 11.8. The molecule has 10 nitrogen and oxygen atoms in total. The van der Waals surface area contributed by atoms with Gasteiger partial charge >= 0.3 is 6.01 Å². The molecule has 0 bridgehead atoms. The van der Waals surface area contributed by atoms with Gasteiger partial charge in [-0.2, -0.15) is 15.2 Å². The Morgan fingerprint density at radius 2 is 2.16 bits per heavy atom. The summed E-state index contributed by atoms with van der Waals surface area (Å²) < 4.78 is 36.2. The Labute approximate surface area is 292 Å². The van der Waals surface area contributed by atoms with E-state index in [9.17, 15) is 18.8 Å². The van der Waals surface area contributed by atoms with Gasteiger partial charge in [0, 0.05) is 43.2 Å². The molecule has 0 radical (unpaired) electrons. The summed E-state index contributed by atoms with van der Waals surface area (Å²) in [5.74, 6) is -0.0607. The fourth-order valence-electron chi connectivity index (χ4n) is 8.26. The molecular weight excluding hydrogens is 670 g/mol. The van der Waals surface area contributed by atoms with Crippen LogP contribution in [0.4, 0.5) is 19.6 Å². The van der Waals surface area contributed by atoms with Crippen LogP contribution in [0.2, 0.25) is 5.02 Å². The van der Waals surface area contributed by atoms with Crippen molar-refractivity contribution in [1.82, 2.24) is 24.8 Å². The van der Waals surface area contributed by atoms with Crippen molar-refractivity contribution in [3.8, 4) is 23.3 Å². The van der Waals surface area contributed by atoms with E-state index in [-0.39, 0.29) is 50.9 Å². The molecule has 1 aromatic carbocycles. The van der Waals surface area contributed by atoms with Crippen molar-refractivity contribution in [2.75, 3.05) is 43.4 Å². The molecule has 3 saturated heterocycles. The number of hydrogen-bond donors (Lipinski definition) is 1. The van der Waals surface area contributed by atoms with E-state index in [0.717, 1.165) is 37.1 Å². The fraction of sp³-hybridized carbons (Fsp3) is 0.457. The molecule has 7 rings (SSSR count). The zero-order chi connectivity index (χ0) is 34.6. The SMILES string of the molecule is C=CC(=O)N1CC[C@@H](N(CC)c2nc(OC[C@@]34CCCN3C[C@H](F)C4)nc3c(Cl)c(-c4ccc(F)c5sc(N)c(C#N)c45)ncc23)[C@@H]1CC. The standard InChI is InChI=1S/C35H37ClF2N8O2S/c1-4-24-25(10-13-46(24)26(47)5-2)45(6-3)33-22-16-41-29(20-8-9-23(38)31-27(20)21(15-39)32(40)49-31)28(36)30(22)42-34(43-33)48-18-35-11-7-12-44(35)17-19(37)14-35/h5,8-9,16,19,24-25H,2,4,6-7,10-14,17-18,40H2,1,3H3/t19-,24+,25-,35+/m1/s1. The lowest BCUT2D eigenvalue weighted by Crippen LogP contribution is -2.47. The largest absolute Gasteiger partial charge is 0.461 e. The summed E-state index contributed by atoms with van der Waals surface area (Å²) in [6.45, 7) is 10.3. The number of thiophene rings is 1. The normalized spacial score (nSPS) is 23.7. The van der Waals surface area contributed by atoms with Crippen molar-refractivity contribution in [3.63, 3.8) is 0 Å². The maximum absolute atomic E-state index is 14.9. The summed E-state index contributed by atoms with van der Waals surface area (Å²) >= 11 is 8.19. The number of amides is 1. The van der Waals surface area contributed by atoms with Gasteiger partial charge in [0.2, 0.25) is 5.91 Å². The Morgan fingerprint density at radius 1 is 1.35 bits per heavy atom. The molecule has 1 amide bonds. The molecule has 3 fully saturated rings. The van der Waals surface area contributed by atoms with Crippen LogP contribution in [0, 0.1) is 17.1 Å². The van der Waals surface area contributed by atoms with Gasteiger partial charge in [0.15, 0.2) is 0 Å². The highest BCUT2D eigenvalue weighted by Gasteiger charge is 2.49. The molecule has 6 heterocycles. The number of halogens is 3. The predicted molar refractivity (Wildman–Crippen MR) is 188 cm³/mol. The van der Waals surface area contributed by atoms with E-state index in [2.05, 4.69) is 29.4 Å². The second kappa shape index (κ2) is 13.0. The quantitative estimate of drug-likeness (QED) is 0.194. The maximum atomic E-state index is 14.9. The Kier molecular flexibility index (Phi) is 8.83. The Balaban J connectivity index is 1.38. The summed E-state index contributed by atoms with van der Waals surface area (Å²) in [6, 6.07) is 4.89. The summed E-state index contributed by atoms with van der Waals surface area (Å²) in [4.78, 5) is 33.5. The number of nitrogens with two attached hydrogens (primary N) is 1. The van der Waals surface area contributed by atoms with Crippen molar-refractivity contribution in [3.05, 3.63) is 47.4 Å². The first-order valence-corrected chi connectivity index (χ1v) is 17.8. The van der Waals surface area contributed by atoms with Crippen LogP contribution in [0.15, 0.2) is 31.0 Å². The second-order valence-electron chi connectivity index (χ2n) is 13.0. The molecule has 2 N–H and O–H groups in total. The molecule has 4 aromatic rings. The minimum atomic E-state index is -0.915. The van der Waals surface area contributed by atoms with Crippen LogP contribution in [0.1, 0.15) is 51.5 Å². The molecule has 3 aromatic heterocycles. The molecule has 256 valence electrons. The minimum absolute atomic E-state index is 0.0713. The fourth-order valence-corrected chi connectivity index (χ4v) is 9.51. The summed E-state index contributed by atoms with van der Waals surface area (Å²) in [7, 11) is 0. The molecule has 49 heavy (non-hydrogen) atoms. The van der Waals surface area contributed by atoms with Gasteiger partial charge in [-0.25, -0.2) is 8.78 Å². The molecule has 0 unspecified atom stereocenters. The van der Waals surface area contributed by atoms with Gasteiger partial charge in [0.1, 0.15) is 41.0 Å². The van der Waals surface area contributed by atoms with Gasteiger partial charge < -0.3 is 20.3 Å². The molecule has 0 saturated carbocycles. The van der Waals surface area contributed by atoms with E-state index in [0.29, 0.717) is 65.8 Å². The Bertz CT molecular complexity index is 2020. The minimum Gasteiger partial charge on any atom is -0.461 e. The first-order chi connectivity index (χ1) is 23.6. The number of hydrogen-bond acceptors (Lipinski definition) is 10. The number of ether oxygens (including phenoxy) is 1. The number of likely N-dealkylation sites (tertiary alicyclic amines) is 1. The van der Waals surface area contributed by atoms with E-state index in [1.54, 1.807) is 12.3 Å². The predicted octanol–water partition coefficient (Wildman–Crippen LogP) is 6.50. The zero-order valence-electron chi connectivity index (χ0n) is 27.4. The van der Waals surface area contributed by atoms with Gasteiger partial charge in [-0.3, -0.25) is 14.7 Å². The number of likely N-dealkylation sites (N-methyl/N-ethyl adjacent to an activating group) is 1. The van der Waals surface area contributed by atoms with Crippen molar-refractivity contribution in [2.24, 2.45) is 0 Å². The monoisotopic (exact) mass is 706 g/mol. The van der Waals surface area contributed by atoms with Crippen molar-refractivity contribution in [1.29, 1.82) is 5.26 Å². The van der Waals surface area contributed by atoms with Crippen molar-refractivity contribution >= 4 is 60.7 Å². The highest BCUT2D eigenvalue weighted by molar-refractivity contribution is 7.23. The van der Waals surface area contributed by atoms with Crippen LogP contribution in [-0.2, 0) is 4.79 Å². The number of carbonyl (C=O) groups is 1. The number of anilines is 2.